The molecule has 1 aliphatic rings. The molecule has 0 bridgehead atoms. The number of hydrogen-bond donors (Lipinski definition) is 2. The minimum atomic E-state index is -0.461. The number of ether oxygens (including phenoxy) is 1. The normalized spacial score (nSPS) is 28.9. The first kappa shape index (κ1) is 10.4. The summed E-state index contributed by atoms with van der Waals surface area (Å²) in [5.74, 6) is 0.348. The van der Waals surface area contributed by atoms with E-state index in [-0.39, 0.29) is 12.3 Å². The second-order valence-electron chi connectivity index (χ2n) is 4.18. The molecule has 0 spiro atoms. The van der Waals surface area contributed by atoms with Gasteiger partial charge < -0.3 is 15.6 Å². The Morgan fingerprint density at radius 2 is 2.29 bits per heavy atom. The van der Waals surface area contributed by atoms with Crippen LogP contribution in [0.4, 0.5) is 5.82 Å². The minimum absolute atomic E-state index is 0.184. The number of rotatable bonds is 1. The van der Waals surface area contributed by atoms with Gasteiger partial charge in [-0.05, 0) is 6.92 Å². The summed E-state index contributed by atoms with van der Waals surface area (Å²) in [7, 11) is 0. The molecule has 3 N–H and O–H groups in total. The van der Waals surface area contributed by atoms with Gasteiger partial charge in [-0.1, -0.05) is 0 Å². The molecule has 3 atom stereocenters. The van der Waals surface area contributed by atoms with Crippen LogP contribution in [0.1, 0.15) is 19.6 Å². The summed E-state index contributed by atoms with van der Waals surface area (Å²) in [4.78, 5) is 12.2. The third-order valence-electron chi connectivity index (χ3n) is 3.05. The van der Waals surface area contributed by atoms with E-state index in [0.717, 1.165) is 0 Å². The Balaban J connectivity index is 2.04. The van der Waals surface area contributed by atoms with Crippen LogP contribution in [0.5, 0.6) is 0 Å². The van der Waals surface area contributed by atoms with Crippen molar-refractivity contribution in [2.24, 2.45) is 0 Å². The molecule has 0 aliphatic carbocycles. The van der Waals surface area contributed by atoms with E-state index in [2.05, 4.69) is 15.0 Å². The Labute approximate surface area is 97.3 Å². The van der Waals surface area contributed by atoms with Crippen LogP contribution >= 0.6 is 0 Å². The van der Waals surface area contributed by atoms with Crippen molar-refractivity contribution >= 4 is 17.0 Å². The summed E-state index contributed by atoms with van der Waals surface area (Å²) in [5.41, 5.74) is 6.89. The zero-order valence-electron chi connectivity index (χ0n) is 9.32. The molecule has 0 aromatic carbocycles. The minimum Gasteiger partial charge on any atom is -0.390 e. The van der Waals surface area contributed by atoms with Crippen LogP contribution in [0.15, 0.2) is 12.7 Å². The van der Waals surface area contributed by atoms with Gasteiger partial charge in [-0.3, -0.25) is 4.57 Å². The Hall–Kier alpha value is -1.73. The van der Waals surface area contributed by atoms with Gasteiger partial charge in [0.15, 0.2) is 11.5 Å². The maximum atomic E-state index is 9.68. The molecule has 1 fully saturated rings. The number of nitrogens with zero attached hydrogens (tertiary/aromatic N) is 4. The molecule has 7 nitrogen and oxygen atoms in total. The van der Waals surface area contributed by atoms with Crippen molar-refractivity contribution in [2.45, 2.75) is 31.8 Å². The van der Waals surface area contributed by atoms with E-state index in [1.165, 1.54) is 6.33 Å². The first-order valence-corrected chi connectivity index (χ1v) is 5.43. The zero-order chi connectivity index (χ0) is 12.0. The molecule has 1 saturated heterocycles. The number of nitrogen functional groups attached to an aromatic ring is 1. The number of anilines is 1. The van der Waals surface area contributed by atoms with Crippen molar-refractivity contribution in [2.75, 3.05) is 5.73 Å². The standard InChI is InChI=1S/C10H13N5O2/c1-5-6(16)2-7(17-5)15-4-14-8-9(11)12-3-13-10(8)15/h3-7,16H,2H2,1H3,(H2,11,12,13)/t5-,6+,7-/m1/s1. The van der Waals surface area contributed by atoms with Crippen LogP contribution in [0.2, 0.25) is 0 Å². The number of aliphatic hydroxyl groups is 1. The molecular weight excluding hydrogens is 222 g/mol. The van der Waals surface area contributed by atoms with Crippen molar-refractivity contribution in [3.05, 3.63) is 12.7 Å². The van der Waals surface area contributed by atoms with E-state index < -0.39 is 6.10 Å². The van der Waals surface area contributed by atoms with Crippen molar-refractivity contribution in [1.82, 2.24) is 19.5 Å². The summed E-state index contributed by atoms with van der Waals surface area (Å²) in [5, 5.41) is 9.68. The summed E-state index contributed by atoms with van der Waals surface area (Å²) < 4.78 is 7.42. The molecule has 7 heteroatoms. The molecule has 2 aromatic rings. The summed E-state index contributed by atoms with van der Waals surface area (Å²) in [6.07, 6.45) is 2.64. The molecule has 3 rings (SSSR count). The molecule has 2 aromatic heterocycles. The fourth-order valence-corrected chi connectivity index (χ4v) is 2.05. The third-order valence-corrected chi connectivity index (χ3v) is 3.05. The van der Waals surface area contributed by atoms with E-state index in [1.54, 1.807) is 10.9 Å². The molecule has 0 amide bonds. The molecule has 0 unspecified atom stereocenters. The van der Waals surface area contributed by atoms with Crippen LogP contribution in [0, 0.1) is 0 Å². The van der Waals surface area contributed by atoms with Crippen LogP contribution in [-0.4, -0.2) is 36.8 Å². The number of aliphatic hydroxyl groups excluding tert-OH is 1. The first-order chi connectivity index (χ1) is 8.16. The number of hydrogen-bond acceptors (Lipinski definition) is 6. The van der Waals surface area contributed by atoms with Gasteiger partial charge in [-0.15, -0.1) is 0 Å². The first-order valence-electron chi connectivity index (χ1n) is 5.43. The lowest BCUT2D eigenvalue weighted by molar-refractivity contribution is -0.00632. The van der Waals surface area contributed by atoms with Crippen LogP contribution < -0.4 is 5.73 Å². The number of imidazole rings is 1. The second kappa shape index (κ2) is 3.64. The molecule has 1 aliphatic heterocycles. The van der Waals surface area contributed by atoms with Crippen LogP contribution in [0.3, 0.4) is 0 Å². The topological polar surface area (TPSA) is 99.1 Å². The molecule has 3 heterocycles. The molecule has 90 valence electrons. The lowest BCUT2D eigenvalue weighted by Gasteiger charge is -2.12. The van der Waals surface area contributed by atoms with Gasteiger partial charge in [0, 0.05) is 6.42 Å². The fraction of sp³-hybridized carbons (Fsp3) is 0.500. The molecule has 0 saturated carbocycles. The predicted molar refractivity (Wildman–Crippen MR) is 59.9 cm³/mol. The Bertz CT molecular complexity index is 545. The lowest BCUT2D eigenvalue weighted by atomic mass is 10.2. The van der Waals surface area contributed by atoms with Gasteiger partial charge in [0.05, 0.1) is 18.5 Å². The zero-order valence-corrected chi connectivity index (χ0v) is 9.32. The number of aromatic nitrogens is 4. The summed E-state index contributed by atoms with van der Waals surface area (Å²) in [6.45, 7) is 1.84. The maximum Gasteiger partial charge on any atom is 0.167 e. The predicted octanol–water partition coefficient (Wildman–Crippen LogP) is 0.0768. The Morgan fingerprint density at radius 1 is 1.47 bits per heavy atom. The van der Waals surface area contributed by atoms with Gasteiger partial charge in [0.1, 0.15) is 18.1 Å². The highest BCUT2D eigenvalue weighted by molar-refractivity contribution is 5.81. The van der Waals surface area contributed by atoms with Gasteiger partial charge in [-0.25, -0.2) is 15.0 Å². The van der Waals surface area contributed by atoms with Gasteiger partial charge >= 0.3 is 0 Å². The lowest BCUT2D eigenvalue weighted by Crippen LogP contribution is -2.15. The van der Waals surface area contributed by atoms with E-state index in [0.29, 0.717) is 23.4 Å². The quantitative estimate of drug-likeness (QED) is 0.726. The highest BCUT2D eigenvalue weighted by atomic mass is 16.5. The van der Waals surface area contributed by atoms with Crippen LogP contribution in [0.25, 0.3) is 11.2 Å². The van der Waals surface area contributed by atoms with E-state index in [1.807, 2.05) is 6.92 Å². The fourth-order valence-electron chi connectivity index (χ4n) is 2.05. The third kappa shape index (κ3) is 1.55. The Kier molecular flexibility index (Phi) is 2.23. The summed E-state index contributed by atoms with van der Waals surface area (Å²) in [6, 6.07) is 0. The van der Waals surface area contributed by atoms with E-state index in [4.69, 9.17) is 10.5 Å². The van der Waals surface area contributed by atoms with E-state index in [9.17, 15) is 5.11 Å². The number of fused-ring (bicyclic) bond motifs is 1. The van der Waals surface area contributed by atoms with Crippen molar-refractivity contribution in [1.29, 1.82) is 0 Å². The van der Waals surface area contributed by atoms with Crippen molar-refractivity contribution < 1.29 is 9.84 Å². The van der Waals surface area contributed by atoms with E-state index >= 15 is 0 Å². The molecular formula is C10H13N5O2. The summed E-state index contributed by atoms with van der Waals surface area (Å²) >= 11 is 0. The highest BCUT2D eigenvalue weighted by Gasteiger charge is 2.32. The maximum absolute atomic E-state index is 9.68. The van der Waals surface area contributed by atoms with Gasteiger partial charge in [-0.2, -0.15) is 0 Å². The van der Waals surface area contributed by atoms with Crippen molar-refractivity contribution in [3.63, 3.8) is 0 Å². The van der Waals surface area contributed by atoms with Crippen molar-refractivity contribution in [3.8, 4) is 0 Å². The molecule has 0 radical (unpaired) electrons. The smallest absolute Gasteiger partial charge is 0.167 e. The molecule has 17 heavy (non-hydrogen) atoms. The monoisotopic (exact) mass is 235 g/mol. The van der Waals surface area contributed by atoms with Gasteiger partial charge in [0.25, 0.3) is 0 Å². The average Bonchev–Trinajstić information content (AvgIpc) is 2.85. The largest absolute Gasteiger partial charge is 0.390 e. The second-order valence-corrected chi connectivity index (χ2v) is 4.18. The van der Waals surface area contributed by atoms with Gasteiger partial charge in [0.2, 0.25) is 0 Å². The average molecular weight is 235 g/mol. The Morgan fingerprint density at radius 3 is 3.00 bits per heavy atom. The SMILES string of the molecule is C[C@H]1O[C@@H](n2cnc3c(N)ncnc32)C[C@@H]1O. The van der Waals surface area contributed by atoms with Crippen LogP contribution in [-0.2, 0) is 4.74 Å². The number of nitrogens with two attached hydrogens (primary N) is 1. The highest BCUT2D eigenvalue weighted by Crippen LogP contribution is 2.30.